The Labute approximate surface area is 226 Å². The highest BCUT2D eigenvalue weighted by Gasteiger charge is 2.74. The van der Waals surface area contributed by atoms with Gasteiger partial charge < -0.3 is 39.4 Å². The van der Waals surface area contributed by atoms with Gasteiger partial charge in [-0.05, 0) is 68.8 Å². The second-order valence-corrected chi connectivity index (χ2v) is 13.4. The van der Waals surface area contributed by atoms with Gasteiger partial charge in [0.05, 0.1) is 23.2 Å². The van der Waals surface area contributed by atoms with Gasteiger partial charge in [-0.25, -0.2) is 4.79 Å². The molecule has 13 atom stereocenters. The Morgan fingerprint density at radius 3 is 2.56 bits per heavy atom. The molecule has 214 valence electrons. The van der Waals surface area contributed by atoms with Gasteiger partial charge in [-0.15, -0.1) is 0 Å². The van der Waals surface area contributed by atoms with Gasteiger partial charge in [-0.2, -0.15) is 0 Å². The van der Waals surface area contributed by atoms with Gasteiger partial charge in [-0.1, -0.05) is 18.6 Å². The number of allylic oxidation sites excluding steroid dienone is 1. The lowest BCUT2D eigenvalue weighted by Crippen LogP contribution is -2.71. The summed E-state index contributed by atoms with van der Waals surface area (Å²) in [6.45, 7) is 5.66. The maximum atomic E-state index is 14.1. The standard InChI is InChI=1S/C29H38O10/c1-13-8-20(30)29(35)25(37-13)38-18-10-15-4-5-17-22(26(15,2)11-19(18)39-29)23(32)24(33)27(3)16(6-7-28(17,27)34)14-9-21(31)36-12-14/h9-10,13,16-20,22-23,25,30,32,34-35H,4-8,11-12H2,1-3H3/t13-,16-,17-,18-,19-,20-,22-,23+,25+,26+,27+,28+,29+/m1/s1. The van der Waals surface area contributed by atoms with E-state index in [9.17, 15) is 30.0 Å². The van der Waals surface area contributed by atoms with Crippen LogP contribution in [0.3, 0.4) is 0 Å². The molecule has 10 heteroatoms. The van der Waals surface area contributed by atoms with Crippen LogP contribution in [0.5, 0.6) is 0 Å². The van der Waals surface area contributed by atoms with Crippen molar-refractivity contribution in [3.63, 3.8) is 0 Å². The summed E-state index contributed by atoms with van der Waals surface area (Å²) in [5, 5.41) is 46.1. The molecule has 0 bridgehead atoms. The van der Waals surface area contributed by atoms with E-state index >= 15 is 0 Å². The predicted octanol–water partition coefficient (Wildman–Crippen LogP) is 0.892. The van der Waals surface area contributed by atoms with Crippen LogP contribution in [-0.2, 0) is 28.5 Å². The molecule has 2 saturated heterocycles. The van der Waals surface area contributed by atoms with Gasteiger partial charge >= 0.3 is 5.97 Å². The number of carbonyl (C=O) groups excluding carboxylic acids is 2. The maximum absolute atomic E-state index is 14.1. The number of esters is 1. The average Bonchev–Trinajstić information content (AvgIpc) is 3.41. The number of hydrogen-bond donors (Lipinski definition) is 4. The van der Waals surface area contributed by atoms with Gasteiger partial charge in [0.1, 0.15) is 24.9 Å². The SMILES string of the molecule is C[C@@H]1C[C@@H](O)[C@]2(O)O[C@@H]3C[C@@]4(C)C(=C[C@H]3O[C@@H]2O1)CC[C@@H]1[C@@H]4[C@H](O)C(=O)[C@]2(C)[C@@H](C3=CC(=O)OC3)CC[C@]12O. The number of cyclic esters (lactones) is 1. The Hall–Kier alpha value is -1.66. The molecular formula is C29H38O10. The van der Waals surface area contributed by atoms with Gasteiger partial charge in [0.2, 0.25) is 12.1 Å². The molecule has 0 aromatic heterocycles. The summed E-state index contributed by atoms with van der Waals surface area (Å²) in [5.41, 5.74) is -1.56. The molecule has 4 aliphatic carbocycles. The molecule has 39 heavy (non-hydrogen) atoms. The summed E-state index contributed by atoms with van der Waals surface area (Å²) in [5.74, 6) is -4.17. The van der Waals surface area contributed by atoms with Crippen molar-refractivity contribution < 1.29 is 49.0 Å². The summed E-state index contributed by atoms with van der Waals surface area (Å²) < 4.78 is 23.2. The van der Waals surface area contributed by atoms with Crippen LogP contribution in [-0.4, -0.2) is 87.0 Å². The van der Waals surface area contributed by atoms with Crippen molar-refractivity contribution in [2.24, 2.45) is 28.6 Å². The number of carbonyl (C=O) groups is 2. The molecule has 7 rings (SSSR count). The van der Waals surface area contributed by atoms with Crippen LogP contribution >= 0.6 is 0 Å². The molecule has 3 heterocycles. The summed E-state index contributed by atoms with van der Waals surface area (Å²) in [6.07, 6.45) is 1.02. The minimum absolute atomic E-state index is 0.107. The Bertz CT molecular complexity index is 1180. The van der Waals surface area contributed by atoms with Crippen LogP contribution in [0.4, 0.5) is 0 Å². The molecule has 10 nitrogen and oxygen atoms in total. The zero-order valence-electron chi connectivity index (χ0n) is 22.5. The summed E-state index contributed by atoms with van der Waals surface area (Å²) in [7, 11) is 0. The van der Waals surface area contributed by atoms with Crippen molar-refractivity contribution in [3.8, 4) is 0 Å². The normalized spacial score (nSPS) is 56.3. The third-order valence-corrected chi connectivity index (χ3v) is 11.6. The van der Waals surface area contributed by atoms with Crippen molar-refractivity contribution in [1.29, 1.82) is 0 Å². The van der Waals surface area contributed by atoms with Crippen LogP contribution in [0, 0.1) is 28.6 Å². The molecule has 3 saturated carbocycles. The van der Waals surface area contributed by atoms with Crippen molar-refractivity contribution in [2.75, 3.05) is 6.61 Å². The molecule has 0 amide bonds. The smallest absolute Gasteiger partial charge is 0.331 e. The van der Waals surface area contributed by atoms with Crippen LogP contribution < -0.4 is 0 Å². The van der Waals surface area contributed by atoms with E-state index in [4.69, 9.17) is 18.9 Å². The monoisotopic (exact) mass is 546 g/mol. The highest BCUT2D eigenvalue weighted by molar-refractivity contribution is 5.93. The van der Waals surface area contributed by atoms with Crippen molar-refractivity contribution in [3.05, 3.63) is 23.3 Å². The van der Waals surface area contributed by atoms with E-state index in [-0.39, 0.29) is 31.0 Å². The van der Waals surface area contributed by atoms with Gasteiger partial charge in [0, 0.05) is 18.4 Å². The molecule has 0 aromatic carbocycles. The van der Waals surface area contributed by atoms with E-state index in [1.807, 2.05) is 13.0 Å². The average molecular weight is 547 g/mol. The molecule has 0 unspecified atom stereocenters. The summed E-state index contributed by atoms with van der Waals surface area (Å²) >= 11 is 0. The minimum Gasteiger partial charge on any atom is -0.458 e. The third kappa shape index (κ3) is 3.22. The highest BCUT2D eigenvalue weighted by atomic mass is 16.8. The van der Waals surface area contributed by atoms with E-state index in [0.29, 0.717) is 37.7 Å². The second-order valence-electron chi connectivity index (χ2n) is 13.4. The van der Waals surface area contributed by atoms with E-state index in [1.54, 1.807) is 13.8 Å². The lowest BCUT2D eigenvalue weighted by Gasteiger charge is -2.63. The first-order valence-corrected chi connectivity index (χ1v) is 14.3. The quantitative estimate of drug-likeness (QED) is 0.276. The summed E-state index contributed by atoms with van der Waals surface area (Å²) in [6, 6.07) is 0. The fourth-order valence-corrected chi connectivity index (χ4v) is 9.59. The highest BCUT2D eigenvalue weighted by Crippen LogP contribution is 2.68. The Morgan fingerprint density at radius 2 is 1.85 bits per heavy atom. The Kier molecular flexibility index (Phi) is 5.53. The molecule has 7 aliphatic rings. The molecule has 0 radical (unpaired) electrons. The number of hydrogen-bond acceptors (Lipinski definition) is 10. The van der Waals surface area contributed by atoms with E-state index < -0.39 is 70.6 Å². The topological polar surface area (TPSA) is 152 Å². The first kappa shape index (κ1) is 26.3. The van der Waals surface area contributed by atoms with Crippen molar-refractivity contribution in [1.82, 2.24) is 0 Å². The van der Waals surface area contributed by atoms with Crippen LogP contribution in [0.1, 0.15) is 59.3 Å². The van der Waals surface area contributed by atoms with Gasteiger partial charge in [0.25, 0.3) is 0 Å². The fraction of sp³-hybridized carbons (Fsp3) is 0.793. The molecule has 4 N–H and O–H groups in total. The number of ether oxygens (including phenoxy) is 4. The van der Waals surface area contributed by atoms with Crippen molar-refractivity contribution >= 4 is 11.8 Å². The Balaban J connectivity index is 1.24. The van der Waals surface area contributed by atoms with Crippen LogP contribution in [0.25, 0.3) is 0 Å². The predicted molar refractivity (Wildman–Crippen MR) is 133 cm³/mol. The van der Waals surface area contributed by atoms with E-state index in [0.717, 1.165) is 5.57 Å². The third-order valence-electron chi connectivity index (χ3n) is 11.6. The second kappa shape index (κ2) is 8.21. The van der Waals surface area contributed by atoms with Crippen molar-refractivity contribution in [2.45, 2.75) is 107 Å². The van der Waals surface area contributed by atoms with E-state index in [1.165, 1.54) is 6.08 Å². The summed E-state index contributed by atoms with van der Waals surface area (Å²) in [4.78, 5) is 25.9. The van der Waals surface area contributed by atoms with Crippen LogP contribution in [0.15, 0.2) is 23.3 Å². The first-order valence-electron chi connectivity index (χ1n) is 14.3. The number of ketones is 1. The zero-order chi connectivity index (χ0) is 27.7. The van der Waals surface area contributed by atoms with E-state index in [2.05, 4.69) is 0 Å². The molecule has 0 spiro atoms. The number of fused-ring (bicyclic) bond motifs is 7. The number of rotatable bonds is 1. The lowest BCUT2D eigenvalue weighted by molar-refractivity contribution is -0.448. The zero-order valence-corrected chi connectivity index (χ0v) is 22.5. The maximum Gasteiger partial charge on any atom is 0.331 e. The minimum atomic E-state index is -2.02. The fourth-order valence-electron chi connectivity index (χ4n) is 9.59. The Morgan fingerprint density at radius 1 is 1.08 bits per heavy atom. The molecular weight excluding hydrogens is 508 g/mol. The lowest BCUT2D eigenvalue weighted by atomic mass is 9.43. The molecule has 3 aliphatic heterocycles. The number of aliphatic hydroxyl groups excluding tert-OH is 2. The van der Waals surface area contributed by atoms with Crippen LogP contribution in [0.2, 0.25) is 0 Å². The largest absolute Gasteiger partial charge is 0.458 e. The molecule has 5 fully saturated rings. The van der Waals surface area contributed by atoms with Gasteiger partial charge in [0.15, 0.2) is 5.78 Å². The van der Waals surface area contributed by atoms with Gasteiger partial charge in [-0.3, -0.25) is 4.79 Å². The number of aliphatic hydroxyl groups is 4. The first-order chi connectivity index (χ1) is 18.3. The molecule has 0 aromatic rings. The number of Topliss-reactive ketones (excluding diaryl/α,β-unsaturated/α-hetero) is 1.